The highest BCUT2D eigenvalue weighted by Crippen LogP contribution is 2.28. The minimum atomic E-state index is 0.316. The van der Waals surface area contributed by atoms with E-state index < -0.39 is 0 Å². The third-order valence-corrected chi connectivity index (χ3v) is 5.48. The van der Waals surface area contributed by atoms with E-state index in [1.54, 1.807) is 11.4 Å². The summed E-state index contributed by atoms with van der Waals surface area (Å²) < 4.78 is 11.0. The molecule has 1 aliphatic rings. The Morgan fingerprint density at radius 2 is 2.03 bits per heavy atom. The van der Waals surface area contributed by atoms with Gasteiger partial charge in [-0.1, -0.05) is 11.2 Å². The van der Waals surface area contributed by atoms with Gasteiger partial charge in [-0.25, -0.2) is 0 Å². The molecule has 0 spiro atoms. The fraction of sp³-hybridized carbons (Fsp3) is 0.350. The van der Waals surface area contributed by atoms with Gasteiger partial charge in [-0.05, 0) is 37.2 Å². The zero-order valence-electron chi connectivity index (χ0n) is 15.9. The Morgan fingerprint density at radius 3 is 2.86 bits per heavy atom. The SMILES string of the molecule is N#Cc1csc(-c2nnc(Nc3cccc(NCCCN4CCOCC4)c3)o2)c1. The Morgan fingerprint density at radius 1 is 1.17 bits per heavy atom. The van der Waals surface area contributed by atoms with E-state index in [-0.39, 0.29) is 0 Å². The smallest absolute Gasteiger partial charge is 0.320 e. The summed E-state index contributed by atoms with van der Waals surface area (Å²) >= 11 is 1.40. The first-order chi connectivity index (χ1) is 14.3. The van der Waals surface area contributed by atoms with Crippen molar-refractivity contribution in [1.29, 1.82) is 5.26 Å². The Labute approximate surface area is 173 Å². The van der Waals surface area contributed by atoms with Gasteiger partial charge in [0.05, 0.1) is 23.7 Å². The second-order valence-corrected chi connectivity index (χ2v) is 7.58. The molecule has 8 nitrogen and oxygen atoms in total. The minimum absolute atomic E-state index is 0.316. The van der Waals surface area contributed by atoms with Gasteiger partial charge >= 0.3 is 6.01 Å². The zero-order chi connectivity index (χ0) is 19.9. The third-order valence-electron chi connectivity index (χ3n) is 4.56. The summed E-state index contributed by atoms with van der Waals surface area (Å²) in [4.78, 5) is 3.21. The van der Waals surface area contributed by atoms with Crippen molar-refractivity contribution < 1.29 is 9.15 Å². The molecule has 150 valence electrons. The standard InChI is InChI=1S/C20H22N6O2S/c21-13-15-11-18(29-14-15)19-24-25-20(28-19)23-17-4-1-3-16(12-17)22-5-2-6-26-7-9-27-10-8-26/h1,3-4,11-12,14,22H,2,5-10H2,(H,23,25). The van der Waals surface area contributed by atoms with Crippen molar-refractivity contribution in [2.24, 2.45) is 0 Å². The number of ether oxygens (including phenoxy) is 1. The van der Waals surface area contributed by atoms with Crippen LogP contribution in [0, 0.1) is 11.3 Å². The lowest BCUT2D eigenvalue weighted by atomic mass is 10.2. The molecule has 0 amide bonds. The van der Waals surface area contributed by atoms with Gasteiger partial charge in [0.15, 0.2) is 0 Å². The van der Waals surface area contributed by atoms with Crippen LogP contribution >= 0.6 is 11.3 Å². The van der Waals surface area contributed by atoms with Gasteiger partial charge in [0.25, 0.3) is 5.89 Å². The van der Waals surface area contributed by atoms with Gasteiger partial charge in [-0.15, -0.1) is 16.4 Å². The van der Waals surface area contributed by atoms with Crippen molar-refractivity contribution in [3.8, 4) is 16.8 Å². The summed E-state index contributed by atoms with van der Waals surface area (Å²) in [5, 5.41) is 25.4. The maximum absolute atomic E-state index is 8.93. The van der Waals surface area contributed by atoms with E-state index in [1.165, 1.54) is 11.3 Å². The topological polar surface area (TPSA) is 99.2 Å². The maximum atomic E-state index is 8.93. The Bertz CT molecular complexity index is 973. The van der Waals surface area contributed by atoms with Crippen LogP contribution in [0.5, 0.6) is 0 Å². The number of hydrogen-bond acceptors (Lipinski definition) is 9. The van der Waals surface area contributed by atoms with Crippen LogP contribution in [0.3, 0.4) is 0 Å². The highest BCUT2D eigenvalue weighted by atomic mass is 32.1. The molecule has 0 saturated carbocycles. The van der Waals surface area contributed by atoms with Crippen LogP contribution in [0.1, 0.15) is 12.0 Å². The normalized spacial score (nSPS) is 14.4. The molecule has 1 saturated heterocycles. The van der Waals surface area contributed by atoms with Gasteiger partial charge in [0, 0.05) is 36.4 Å². The molecule has 0 atom stereocenters. The fourth-order valence-corrected chi connectivity index (χ4v) is 3.82. The van der Waals surface area contributed by atoms with Crippen molar-refractivity contribution >= 4 is 28.7 Å². The predicted octanol–water partition coefficient (Wildman–Crippen LogP) is 3.55. The molecule has 2 aromatic heterocycles. The van der Waals surface area contributed by atoms with Gasteiger partial charge < -0.3 is 19.8 Å². The average Bonchev–Trinajstić information content (AvgIpc) is 3.42. The summed E-state index contributed by atoms with van der Waals surface area (Å²) in [6, 6.07) is 12.1. The summed E-state index contributed by atoms with van der Waals surface area (Å²) in [6.07, 6.45) is 1.08. The lowest BCUT2D eigenvalue weighted by Crippen LogP contribution is -2.37. The summed E-state index contributed by atoms with van der Waals surface area (Å²) in [5.41, 5.74) is 2.49. The largest absolute Gasteiger partial charge is 0.402 e. The minimum Gasteiger partial charge on any atom is -0.402 e. The molecule has 0 bridgehead atoms. The van der Waals surface area contributed by atoms with E-state index in [2.05, 4.69) is 31.8 Å². The number of thiophene rings is 1. The molecule has 29 heavy (non-hydrogen) atoms. The van der Waals surface area contributed by atoms with E-state index in [9.17, 15) is 0 Å². The van der Waals surface area contributed by atoms with E-state index in [0.717, 1.165) is 62.1 Å². The highest BCUT2D eigenvalue weighted by molar-refractivity contribution is 7.13. The quantitative estimate of drug-likeness (QED) is 0.544. The molecule has 0 radical (unpaired) electrons. The maximum Gasteiger partial charge on any atom is 0.320 e. The monoisotopic (exact) mass is 410 g/mol. The van der Waals surface area contributed by atoms with E-state index in [0.29, 0.717) is 17.5 Å². The van der Waals surface area contributed by atoms with Gasteiger partial charge in [-0.3, -0.25) is 4.90 Å². The first kappa shape index (κ1) is 19.4. The third kappa shape index (κ3) is 5.32. The number of rotatable bonds is 8. The first-order valence-electron chi connectivity index (χ1n) is 9.54. The molecule has 4 rings (SSSR count). The predicted molar refractivity (Wildman–Crippen MR) is 112 cm³/mol. The molecule has 9 heteroatoms. The Balaban J connectivity index is 1.29. The van der Waals surface area contributed by atoms with E-state index in [4.69, 9.17) is 14.4 Å². The number of benzene rings is 1. The second kappa shape index (κ2) is 9.52. The molecule has 3 aromatic rings. The number of nitrogens with zero attached hydrogens (tertiary/aromatic N) is 4. The average molecular weight is 411 g/mol. The van der Waals surface area contributed by atoms with Crippen molar-refractivity contribution in [2.75, 3.05) is 50.0 Å². The lowest BCUT2D eigenvalue weighted by molar-refractivity contribution is 0.0378. The zero-order valence-corrected chi connectivity index (χ0v) is 16.7. The molecular formula is C20H22N6O2S. The second-order valence-electron chi connectivity index (χ2n) is 6.66. The Kier molecular flexibility index (Phi) is 6.36. The van der Waals surface area contributed by atoms with Crippen LogP contribution in [0.25, 0.3) is 10.8 Å². The molecule has 0 aliphatic carbocycles. The van der Waals surface area contributed by atoms with Crippen molar-refractivity contribution in [2.45, 2.75) is 6.42 Å². The number of aromatic nitrogens is 2. The molecule has 3 heterocycles. The molecule has 0 unspecified atom stereocenters. The highest BCUT2D eigenvalue weighted by Gasteiger charge is 2.12. The molecule has 1 aliphatic heterocycles. The molecule has 2 N–H and O–H groups in total. The van der Waals surface area contributed by atoms with Crippen molar-refractivity contribution in [3.63, 3.8) is 0 Å². The molecule has 1 fully saturated rings. The number of hydrogen-bond donors (Lipinski definition) is 2. The van der Waals surface area contributed by atoms with Crippen LogP contribution in [-0.4, -0.2) is 54.5 Å². The van der Waals surface area contributed by atoms with Crippen LogP contribution in [0.2, 0.25) is 0 Å². The summed E-state index contributed by atoms with van der Waals surface area (Å²) in [6.45, 7) is 5.71. The van der Waals surface area contributed by atoms with Gasteiger partial charge in [-0.2, -0.15) is 5.26 Å². The van der Waals surface area contributed by atoms with Crippen molar-refractivity contribution in [3.05, 3.63) is 41.3 Å². The number of nitrogens with one attached hydrogen (secondary N) is 2. The van der Waals surface area contributed by atoms with Crippen LogP contribution in [0.15, 0.2) is 40.1 Å². The number of nitriles is 1. The first-order valence-corrected chi connectivity index (χ1v) is 10.4. The number of morpholine rings is 1. The van der Waals surface area contributed by atoms with Gasteiger partial charge in [0.2, 0.25) is 0 Å². The van der Waals surface area contributed by atoms with Crippen LogP contribution < -0.4 is 10.6 Å². The van der Waals surface area contributed by atoms with Crippen LogP contribution in [-0.2, 0) is 4.74 Å². The van der Waals surface area contributed by atoms with E-state index in [1.807, 2.05) is 24.3 Å². The summed E-state index contributed by atoms with van der Waals surface area (Å²) in [5.74, 6) is 0.399. The summed E-state index contributed by atoms with van der Waals surface area (Å²) in [7, 11) is 0. The number of anilines is 3. The lowest BCUT2D eigenvalue weighted by Gasteiger charge is -2.26. The molecule has 1 aromatic carbocycles. The van der Waals surface area contributed by atoms with Gasteiger partial charge in [0.1, 0.15) is 6.07 Å². The van der Waals surface area contributed by atoms with Crippen molar-refractivity contribution in [1.82, 2.24) is 15.1 Å². The molecular weight excluding hydrogens is 388 g/mol. The van der Waals surface area contributed by atoms with Crippen LogP contribution in [0.4, 0.5) is 17.4 Å². The van der Waals surface area contributed by atoms with E-state index >= 15 is 0 Å². The fourth-order valence-electron chi connectivity index (χ4n) is 3.07. The Hall–Kier alpha value is -2.93.